The van der Waals surface area contributed by atoms with Gasteiger partial charge in [-0.1, -0.05) is 43.4 Å². The quantitative estimate of drug-likeness (QED) is 0.282. The molecule has 1 saturated carbocycles. The van der Waals surface area contributed by atoms with Crippen molar-refractivity contribution in [2.24, 2.45) is 5.92 Å². The zero-order valence-electron chi connectivity index (χ0n) is 16.2. The Morgan fingerprint density at radius 1 is 1.11 bits per heavy atom. The fourth-order valence-corrected chi connectivity index (χ4v) is 6.07. The van der Waals surface area contributed by atoms with Crippen LogP contribution in [0.15, 0.2) is 60.0 Å². The molecule has 1 aliphatic carbocycles. The van der Waals surface area contributed by atoms with Gasteiger partial charge in [0.15, 0.2) is 15.2 Å². The second-order valence-electron chi connectivity index (χ2n) is 7.68. The smallest absolute Gasteiger partial charge is 0.339 e. The molecule has 28 heavy (non-hydrogen) atoms. The van der Waals surface area contributed by atoms with E-state index in [0.717, 1.165) is 30.6 Å². The normalized spacial score (nSPS) is 17.6. The predicted octanol–water partition coefficient (Wildman–Crippen LogP) is 6.71. The summed E-state index contributed by atoms with van der Waals surface area (Å²) in [6, 6.07) is 18.3. The summed E-state index contributed by atoms with van der Waals surface area (Å²) in [6.45, 7) is 1.89. The molecule has 0 amide bonds. The van der Waals surface area contributed by atoms with Crippen LogP contribution in [0.25, 0.3) is 15.0 Å². The van der Waals surface area contributed by atoms with Crippen molar-refractivity contribution in [3.8, 4) is 17.2 Å². The van der Waals surface area contributed by atoms with Crippen molar-refractivity contribution in [2.45, 2.75) is 44.6 Å². The summed E-state index contributed by atoms with van der Waals surface area (Å²) < 4.78 is 7.20. The second kappa shape index (κ2) is 7.81. The van der Waals surface area contributed by atoms with Crippen LogP contribution in [0.3, 0.4) is 0 Å². The van der Waals surface area contributed by atoms with Gasteiger partial charge in [0.1, 0.15) is 5.38 Å². The van der Waals surface area contributed by atoms with Crippen molar-refractivity contribution >= 4 is 26.5 Å². The molecule has 2 nitrogen and oxygen atoms in total. The summed E-state index contributed by atoms with van der Waals surface area (Å²) in [5.41, 5.74) is -0.268. The van der Waals surface area contributed by atoms with Gasteiger partial charge >= 0.3 is 5.97 Å². The number of terminal acetylenes is 1. The Hall–Kier alpha value is -2.57. The van der Waals surface area contributed by atoms with Crippen LogP contribution in [0.5, 0.6) is 0 Å². The van der Waals surface area contributed by atoms with Crippen LogP contribution in [0, 0.1) is 18.3 Å². The fourth-order valence-electron chi connectivity index (χ4n) is 4.13. The maximum atomic E-state index is 12.9. The zero-order valence-corrected chi connectivity index (χ0v) is 17.0. The average molecular weight is 390 g/mol. The number of ether oxygens (including phenoxy) is 1. The molecule has 142 valence electrons. The van der Waals surface area contributed by atoms with E-state index in [-0.39, 0.29) is 22.4 Å². The van der Waals surface area contributed by atoms with Crippen molar-refractivity contribution in [3.05, 3.63) is 65.5 Å². The number of esters is 1. The topological polar surface area (TPSA) is 26.3 Å². The lowest BCUT2D eigenvalue weighted by Gasteiger charge is -2.35. The highest BCUT2D eigenvalue weighted by molar-refractivity contribution is 7.43. The molecular weight excluding hydrogens is 364 g/mol. The van der Waals surface area contributed by atoms with Gasteiger partial charge in [0.05, 0.1) is 5.56 Å². The minimum atomic E-state index is -0.838. The van der Waals surface area contributed by atoms with Gasteiger partial charge in [-0.25, -0.2) is 4.79 Å². The third kappa shape index (κ3) is 3.57. The summed E-state index contributed by atoms with van der Waals surface area (Å²) in [4.78, 5) is 14.1. The number of hydrogen-bond acceptors (Lipinski definition) is 2. The molecule has 1 fully saturated rings. The summed E-state index contributed by atoms with van der Waals surface area (Å²) >= 11 is 0. The van der Waals surface area contributed by atoms with E-state index in [1.807, 2.05) is 25.1 Å². The third-order valence-electron chi connectivity index (χ3n) is 5.84. The average Bonchev–Trinajstić information content (AvgIpc) is 3.18. The van der Waals surface area contributed by atoms with Gasteiger partial charge in [0.2, 0.25) is 0 Å². The molecule has 0 N–H and O–H groups in total. The Balaban J connectivity index is 1.60. The molecule has 0 radical (unpaired) electrons. The molecule has 3 heteroatoms. The van der Waals surface area contributed by atoms with E-state index in [1.165, 1.54) is 16.5 Å². The molecule has 0 spiro atoms. The Labute approximate surface area is 169 Å². The number of hydrogen-bond donors (Lipinski definition) is 0. The minimum absolute atomic E-state index is 0.150. The first-order valence-corrected chi connectivity index (χ1v) is 11.2. The van der Waals surface area contributed by atoms with E-state index in [1.54, 1.807) is 0 Å². The fraction of sp³-hybridized carbons (Fsp3) is 0.320. The number of benzene rings is 2. The first kappa shape index (κ1) is 18.8. The maximum absolute atomic E-state index is 12.9. The Bertz CT molecular complexity index is 1040. The predicted molar refractivity (Wildman–Crippen MR) is 117 cm³/mol. The van der Waals surface area contributed by atoms with Crippen LogP contribution in [-0.2, 0) is 4.74 Å². The van der Waals surface area contributed by atoms with Gasteiger partial charge in [-0.2, -0.15) is 0 Å². The largest absolute Gasteiger partial charge is 0.442 e. The molecule has 2 unspecified atom stereocenters. The molecular formula is C25H25O2S+. The summed E-state index contributed by atoms with van der Waals surface area (Å²) in [5.74, 6) is 2.69. The van der Waals surface area contributed by atoms with Gasteiger partial charge < -0.3 is 4.74 Å². The lowest BCUT2D eigenvalue weighted by Crippen LogP contribution is -2.39. The van der Waals surface area contributed by atoms with Crippen LogP contribution in [0.2, 0.25) is 0 Å². The van der Waals surface area contributed by atoms with Gasteiger partial charge in [-0.3, -0.25) is 0 Å². The first-order chi connectivity index (χ1) is 13.6. The van der Waals surface area contributed by atoms with E-state index in [0.29, 0.717) is 5.56 Å². The lowest BCUT2D eigenvalue weighted by molar-refractivity contribution is -0.0168. The molecule has 1 heterocycles. The van der Waals surface area contributed by atoms with Crippen molar-refractivity contribution in [2.75, 3.05) is 0 Å². The third-order valence-corrected chi connectivity index (χ3v) is 7.85. The Kier molecular flexibility index (Phi) is 5.24. The van der Waals surface area contributed by atoms with Crippen LogP contribution in [-0.4, -0.2) is 11.6 Å². The Morgan fingerprint density at radius 3 is 2.68 bits per heavy atom. The van der Waals surface area contributed by atoms with Gasteiger partial charge in [0.25, 0.3) is 0 Å². The van der Waals surface area contributed by atoms with Crippen LogP contribution in [0.1, 0.15) is 49.4 Å². The molecule has 3 aromatic rings. The molecule has 1 aromatic heterocycles. The highest BCUT2D eigenvalue weighted by Gasteiger charge is 2.37. The molecule has 0 aliphatic heterocycles. The van der Waals surface area contributed by atoms with E-state index < -0.39 is 5.60 Å². The second-order valence-corrected chi connectivity index (χ2v) is 9.54. The molecule has 2 aromatic carbocycles. The number of thiophene rings is 1. The molecule has 2 atom stereocenters. The monoisotopic (exact) mass is 389 g/mol. The summed E-state index contributed by atoms with van der Waals surface area (Å²) in [6.07, 6.45) is 11.4. The van der Waals surface area contributed by atoms with Crippen molar-refractivity contribution in [1.29, 1.82) is 0 Å². The molecule has 4 rings (SSSR count). The standard InChI is InChI=1S/C25H25O2S/c1-3-25(2,21-12-5-4-6-13-21)27-24(26)20-11-9-14-22(18-20)28-17-16-19-10-7-8-15-23(19)28/h1,7-11,14-18,21H,4-6,12-13H2,2H3/q+1. The molecule has 0 bridgehead atoms. The Morgan fingerprint density at radius 2 is 1.89 bits per heavy atom. The summed E-state index contributed by atoms with van der Waals surface area (Å²) in [5, 5.41) is 3.46. The minimum Gasteiger partial charge on any atom is -0.442 e. The van der Waals surface area contributed by atoms with Crippen molar-refractivity contribution in [1.82, 2.24) is 0 Å². The first-order valence-electron chi connectivity index (χ1n) is 9.92. The van der Waals surface area contributed by atoms with Gasteiger partial charge in [-0.15, -0.1) is 6.42 Å². The highest BCUT2D eigenvalue weighted by atomic mass is 32.2. The van der Waals surface area contributed by atoms with Crippen molar-refractivity contribution in [3.63, 3.8) is 0 Å². The summed E-state index contributed by atoms with van der Waals surface area (Å²) in [7, 11) is -0.150. The number of rotatable bonds is 4. The van der Waals surface area contributed by atoms with Gasteiger partial charge in [-0.05, 0) is 44.0 Å². The molecule has 0 saturated heterocycles. The maximum Gasteiger partial charge on any atom is 0.339 e. The zero-order chi connectivity index (χ0) is 19.6. The number of carbonyl (C=O) groups excluding carboxylic acids is 1. The van der Waals surface area contributed by atoms with Crippen molar-refractivity contribution < 1.29 is 9.53 Å². The van der Waals surface area contributed by atoms with Gasteiger partial charge in [0, 0.05) is 33.9 Å². The van der Waals surface area contributed by atoms with Crippen LogP contribution >= 0.6 is 10.5 Å². The van der Waals surface area contributed by atoms with E-state index in [4.69, 9.17) is 11.2 Å². The highest BCUT2D eigenvalue weighted by Crippen LogP contribution is 2.40. The van der Waals surface area contributed by atoms with E-state index >= 15 is 0 Å². The number of fused-ring (bicyclic) bond motifs is 1. The van der Waals surface area contributed by atoms with E-state index in [9.17, 15) is 4.79 Å². The molecule has 1 aliphatic rings. The SMILES string of the molecule is C#CC(C)(OC(=O)c1cccc(-[s+]2ccc3ccccc32)c1)C1CCCCC1. The lowest BCUT2D eigenvalue weighted by atomic mass is 9.78. The van der Waals surface area contributed by atoms with Crippen LogP contribution < -0.4 is 0 Å². The number of carbonyl (C=O) groups is 1. The van der Waals surface area contributed by atoms with Crippen LogP contribution in [0.4, 0.5) is 0 Å². The van der Waals surface area contributed by atoms with E-state index in [2.05, 4.69) is 47.7 Å².